The first-order valence-electron chi connectivity index (χ1n) is 13.6. The summed E-state index contributed by atoms with van der Waals surface area (Å²) in [6, 6.07) is 21.0. The number of pyridine rings is 1. The number of carbonyl (C=O) groups is 2. The van der Waals surface area contributed by atoms with E-state index in [1.54, 1.807) is 13.4 Å². The molecule has 1 aliphatic rings. The Morgan fingerprint density at radius 1 is 1.02 bits per heavy atom. The second-order valence-electron chi connectivity index (χ2n) is 10.2. The molecule has 0 fully saturated rings. The molecule has 0 saturated heterocycles. The maximum Gasteiger partial charge on any atom is 0.339 e. The number of ether oxygens (including phenoxy) is 2. The fraction of sp³-hybridized carbons (Fsp3) is 0.206. The summed E-state index contributed by atoms with van der Waals surface area (Å²) in [5.74, 6) is 0.841. The molecule has 0 saturated carbocycles. The van der Waals surface area contributed by atoms with Crippen LogP contribution in [0.4, 0.5) is 0 Å². The van der Waals surface area contributed by atoms with Crippen molar-refractivity contribution < 1.29 is 23.5 Å². The first-order chi connectivity index (χ1) is 19.9. The van der Waals surface area contributed by atoms with E-state index in [1.165, 1.54) is 0 Å². The van der Waals surface area contributed by atoms with Crippen LogP contribution in [-0.4, -0.2) is 35.0 Å². The highest BCUT2D eigenvalue weighted by Crippen LogP contribution is 2.38. The average Bonchev–Trinajstić information content (AvgIpc) is 3.72. The van der Waals surface area contributed by atoms with Crippen LogP contribution >= 0.6 is 0 Å². The Hall–Kier alpha value is -4.91. The largest absolute Gasteiger partial charge is 0.497 e. The Balaban J connectivity index is 1.27. The number of benzene rings is 2. The number of rotatable bonds is 8. The minimum atomic E-state index is -0.511. The number of hydrogen-bond acceptors (Lipinski definition) is 6. The molecule has 3 heterocycles. The Morgan fingerprint density at radius 3 is 2.59 bits per heavy atom. The number of fused-ring (bicyclic) bond motifs is 2. The van der Waals surface area contributed by atoms with Crippen LogP contribution in [0.1, 0.15) is 61.1 Å². The van der Waals surface area contributed by atoms with Crippen molar-refractivity contribution in [3.8, 4) is 5.75 Å². The summed E-state index contributed by atoms with van der Waals surface area (Å²) >= 11 is 0. The van der Waals surface area contributed by atoms with Crippen molar-refractivity contribution in [2.75, 3.05) is 13.7 Å². The Bertz CT molecular complexity index is 1790. The van der Waals surface area contributed by atoms with E-state index in [0.717, 1.165) is 57.1 Å². The second kappa shape index (κ2) is 10.9. The fourth-order valence-corrected chi connectivity index (χ4v) is 5.58. The number of allylic oxidation sites excluding steroid dienone is 1. The molecule has 2 aromatic carbocycles. The van der Waals surface area contributed by atoms with Crippen molar-refractivity contribution in [1.82, 2.24) is 9.55 Å². The average molecular weight is 547 g/mol. The molecule has 0 N–H and O–H groups in total. The van der Waals surface area contributed by atoms with Crippen molar-refractivity contribution in [3.63, 3.8) is 0 Å². The summed E-state index contributed by atoms with van der Waals surface area (Å²) in [4.78, 5) is 31.8. The van der Waals surface area contributed by atoms with Crippen LogP contribution in [0.25, 0.3) is 22.6 Å². The summed E-state index contributed by atoms with van der Waals surface area (Å²) in [6.07, 6.45) is 5.16. The van der Waals surface area contributed by atoms with E-state index in [1.807, 2.05) is 85.1 Å². The minimum Gasteiger partial charge on any atom is -0.497 e. The molecular formula is C34H30N2O5. The zero-order valence-corrected chi connectivity index (χ0v) is 23.3. The van der Waals surface area contributed by atoms with Crippen molar-refractivity contribution in [1.29, 1.82) is 0 Å². The van der Waals surface area contributed by atoms with Crippen molar-refractivity contribution >= 4 is 34.3 Å². The van der Waals surface area contributed by atoms with Gasteiger partial charge in [-0.05, 0) is 85.9 Å². The molecule has 0 unspecified atom stereocenters. The van der Waals surface area contributed by atoms with Crippen LogP contribution in [0.2, 0.25) is 0 Å². The van der Waals surface area contributed by atoms with E-state index < -0.39 is 5.97 Å². The number of furan rings is 1. The van der Waals surface area contributed by atoms with E-state index in [4.69, 9.17) is 18.9 Å². The van der Waals surface area contributed by atoms with E-state index >= 15 is 0 Å². The van der Waals surface area contributed by atoms with Crippen LogP contribution < -0.4 is 4.74 Å². The number of aromatic nitrogens is 2. The zero-order valence-electron chi connectivity index (χ0n) is 23.3. The van der Waals surface area contributed by atoms with Gasteiger partial charge in [0.1, 0.15) is 11.5 Å². The fourth-order valence-electron chi connectivity index (χ4n) is 5.58. The SMILES string of the molecule is COc1ccc(/C=C2/CCc3c2nc2ccccc2c3C(=O)OCC(=O)c2cc(C)n(Cc3ccco3)c2C)cc1. The van der Waals surface area contributed by atoms with Gasteiger partial charge in [0.15, 0.2) is 6.61 Å². The summed E-state index contributed by atoms with van der Waals surface area (Å²) in [5, 5.41) is 0.728. The summed E-state index contributed by atoms with van der Waals surface area (Å²) in [7, 11) is 1.64. The van der Waals surface area contributed by atoms with Crippen molar-refractivity contribution in [3.05, 3.63) is 118 Å². The van der Waals surface area contributed by atoms with Crippen LogP contribution in [0.15, 0.2) is 77.4 Å². The van der Waals surface area contributed by atoms with Crippen LogP contribution in [0, 0.1) is 13.8 Å². The molecule has 3 aromatic heterocycles. The van der Waals surface area contributed by atoms with E-state index in [9.17, 15) is 9.59 Å². The highest BCUT2D eigenvalue weighted by Gasteiger charge is 2.28. The maximum atomic E-state index is 13.6. The number of Topliss-reactive ketones (excluding diaryl/α,β-unsaturated/α-hetero) is 1. The molecule has 6 rings (SSSR count). The van der Waals surface area contributed by atoms with Gasteiger partial charge in [-0.3, -0.25) is 4.79 Å². The van der Waals surface area contributed by atoms with Crippen molar-refractivity contribution in [2.24, 2.45) is 0 Å². The number of aryl methyl sites for hydroxylation is 1. The lowest BCUT2D eigenvalue weighted by Gasteiger charge is -2.12. The Kier molecular flexibility index (Phi) is 7.01. The van der Waals surface area contributed by atoms with Gasteiger partial charge in [-0.25, -0.2) is 9.78 Å². The number of ketones is 1. The van der Waals surface area contributed by atoms with Gasteiger partial charge in [0, 0.05) is 22.3 Å². The van der Waals surface area contributed by atoms with Gasteiger partial charge in [-0.15, -0.1) is 0 Å². The van der Waals surface area contributed by atoms with Crippen molar-refractivity contribution in [2.45, 2.75) is 33.2 Å². The molecule has 1 aliphatic carbocycles. The molecule has 41 heavy (non-hydrogen) atoms. The first-order valence-corrected chi connectivity index (χ1v) is 13.6. The third kappa shape index (κ3) is 5.07. The molecule has 0 aliphatic heterocycles. The molecule has 0 amide bonds. The summed E-state index contributed by atoms with van der Waals surface area (Å²) in [6.45, 7) is 4.02. The minimum absolute atomic E-state index is 0.243. The molecule has 7 nitrogen and oxygen atoms in total. The summed E-state index contributed by atoms with van der Waals surface area (Å²) < 4.78 is 18.5. The molecule has 206 valence electrons. The Labute approximate surface area is 238 Å². The van der Waals surface area contributed by atoms with Gasteiger partial charge in [-0.1, -0.05) is 30.3 Å². The second-order valence-corrected chi connectivity index (χ2v) is 10.2. The van der Waals surface area contributed by atoms with E-state index in [-0.39, 0.29) is 12.4 Å². The van der Waals surface area contributed by atoms with Gasteiger partial charge >= 0.3 is 5.97 Å². The Morgan fingerprint density at radius 2 is 1.83 bits per heavy atom. The van der Waals surface area contributed by atoms with Gasteiger partial charge in [0.2, 0.25) is 5.78 Å². The molecule has 5 aromatic rings. The number of methoxy groups -OCH3 is 1. The van der Waals surface area contributed by atoms with Crippen LogP contribution in [0.3, 0.4) is 0 Å². The highest BCUT2D eigenvalue weighted by atomic mass is 16.5. The van der Waals surface area contributed by atoms with E-state index in [2.05, 4.69) is 6.08 Å². The topological polar surface area (TPSA) is 83.6 Å². The molecule has 0 atom stereocenters. The maximum absolute atomic E-state index is 13.6. The van der Waals surface area contributed by atoms with Gasteiger partial charge in [0.25, 0.3) is 0 Å². The number of esters is 1. The van der Waals surface area contributed by atoms with Gasteiger partial charge in [0.05, 0.1) is 36.7 Å². The standard InChI is InChI=1S/C34H30N2O5/c1-21-17-29(22(2)36(21)19-26-7-6-16-40-26)31(37)20-41-34(38)32-27-8-4-5-9-30(27)35-33-24(12-15-28(32)33)18-23-10-13-25(39-3)14-11-23/h4-11,13-14,16-18H,12,15,19-20H2,1-3H3/b24-18-. The smallest absolute Gasteiger partial charge is 0.339 e. The quantitative estimate of drug-likeness (QED) is 0.157. The normalized spacial score (nSPS) is 13.5. The number of carbonyl (C=O) groups excluding carboxylic acids is 2. The van der Waals surface area contributed by atoms with Crippen LogP contribution in [-0.2, 0) is 17.7 Å². The van der Waals surface area contributed by atoms with Gasteiger partial charge < -0.3 is 18.5 Å². The lowest BCUT2D eigenvalue weighted by Crippen LogP contribution is -2.17. The predicted octanol–water partition coefficient (Wildman–Crippen LogP) is 6.83. The highest BCUT2D eigenvalue weighted by molar-refractivity contribution is 6.08. The first kappa shape index (κ1) is 26.3. The molecule has 0 bridgehead atoms. The number of hydrogen-bond donors (Lipinski definition) is 0. The van der Waals surface area contributed by atoms with Crippen LogP contribution in [0.5, 0.6) is 5.75 Å². The third-order valence-electron chi connectivity index (χ3n) is 7.71. The molecular weight excluding hydrogens is 516 g/mol. The monoisotopic (exact) mass is 546 g/mol. The molecule has 0 spiro atoms. The lowest BCUT2D eigenvalue weighted by molar-refractivity contribution is 0.0475. The number of nitrogens with zero attached hydrogens (tertiary/aromatic N) is 2. The third-order valence-corrected chi connectivity index (χ3v) is 7.71. The number of para-hydroxylation sites is 1. The molecule has 0 radical (unpaired) electrons. The van der Waals surface area contributed by atoms with E-state index in [0.29, 0.717) is 29.6 Å². The van der Waals surface area contributed by atoms with Gasteiger partial charge in [-0.2, -0.15) is 0 Å². The zero-order chi connectivity index (χ0) is 28.5. The summed E-state index contributed by atoms with van der Waals surface area (Å²) in [5.41, 5.74) is 7.24. The molecule has 7 heteroatoms. The lowest BCUT2D eigenvalue weighted by atomic mass is 10.0. The predicted molar refractivity (Wildman–Crippen MR) is 157 cm³/mol.